The highest BCUT2D eigenvalue weighted by Crippen LogP contribution is 2.27. The van der Waals surface area contributed by atoms with Crippen molar-refractivity contribution in [1.29, 1.82) is 0 Å². The highest BCUT2D eigenvalue weighted by molar-refractivity contribution is 6.60. The van der Waals surface area contributed by atoms with Crippen LogP contribution in [0.15, 0.2) is 18.2 Å². The average molecular weight is 416 g/mol. The summed E-state index contributed by atoms with van der Waals surface area (Å²) >= 11 is 0. The fourth-order valence-electron chi connectivity index (χ4n) is 2.67. The summed E-state index contributed by atoms with van der Waals surface area (Å²) in [7, 11) is 0.450. The van der Waals surface area contributed by atoms with E-state index in [-0.39, 0.29) is 6.61 Å². The number of ether oxygens (including phenoxy) is 3. The Morgan fingerprint density at radius 3 is 2.11 bits per heavy atom. The molecule has 0 fully saturated rings. The second-order valence-corrected chi connectivity index (χ2v) is 8.50. The highest BCUT2D eigenvalue weighted by atomic mass is 28.4. The molecular weight excluding hydrogens is 382 g/mol. The van der Waals surface area contributed by atoms with Gasteiger partial charge in [-0.15, -0.1) is 0 Å². The van der Waals surface area contributed by atoms with E-state index in [0.717, 1.165) is 5.56 Å². The first-order valence-electron chi connectivity index (χ1n) is 9.57. The Bertz CT molecular complexity index is 568. The molecule has 0 saturated heterocycles. The van der Waals surface area contributed by atoms with Crippen LogP contribution in [0.2, 0.25) is 6.04 Å². The zero-order valence-electron chi connectivity index (χ0n) is 17.5. The van der Waals surface area contributed by atoms with Crippen LogP contribution in [0.1, 0.15) is 32.8 Å². The van der Waals surface area contributed by atoms with Gasteiger partial charge in [-0.05, 0) is 44.9 Å². The second kappa shape index (κ2) is 13.4. The number of amides is 1. The number of rotatable bonds is 14. The van der Waals surface area contributed by atoms with E-state index in [0.29, 0.717) is 50.3 Å². The van der Waals surface area contributed by atoms with E-state index < -0.39 is 14.9 Å². The summed E-state index contributed by atoms with van der Waals surface area (Å²) in [5.41, 5.74) is 0.880. The Labute approximate surface area is 168 Å². The molecule has 1 amide bonds. The van der Waals surface area contributed by atoms with Crippen LogP contribution >= 0.6 is 0 Å². The molecule has 8 nitrogen and oxygen atoms in total. The molecule has 0 atom stereocenters. The lowest BCUT2D eigenvalue weighted by molar-refractivity contribution is 0.0682. The largest absolute Gasteiger partial charge is 0.501 e. The van der Waals surface area contributed by atoms with Crippen molar-refractivity contribution in [2.45, 2.75) is 39.8 Å². The molecule has 0 radical (unpaired) electrons. The van der Waals surface area contributed by atoms with Crippen molar-refractivity contribution in [3.05, 3.63) is 23.8 Å². The third-order valence-electron chi connectivity index (χ3n) is 3.84. The summed E-state index contributed by atoms with van der Waals surface area (Å²) in [4.78, 5) is 11.9. The van der Waals surface area contributed by atoms with Crippen molar-refractivity contribution in [3.63, 3.8) is 0 Å². The minimum absolute atomic E-state index is 0.264. The van der Waals surface area contributed by atoms with Gasteiger partial charge in [-0.3, -0.25) is 0 Å². The van der Waals surface area contributed by atoms with Crippen LogP contribution in [0.25, 0.3) is 0 Å². The summed E-state index contributed by atoms with van der Waals surface area (Å²) in [6.45, 7) is 7.92. The Morgan fingerprint density at radius 1 is 0.964 bits per heavy atom. The van der Waals surface area contributed by atoms with E-state index in [1.54, 1.807) is 20.3 Å². The lowest BCUT2D eigenvalue weighted by atomic mass is 10.2. The van der Waals surface area contributed by atoms with Gasteiger partial charge < -0.3 is 32.8 Å². The number of hydrogen-bond acceptors (Lipinski definition) is 7. The second-order valence-electron chi connectivity index (χ2n) is 5.76. The zero-order chi connectivity index (χ0) is 20.8. The van der Waals surface area contributed by atoms with Crippen molar-refractivity contribution in [2.75, 3.05) is 40.6 Å². The fourth-order valence-corrected chi connectivity index (χ4v) is 5.25. The minimum Gasteiger partial charge on any atom is -0.493 e. The monoisotopic (exact) mass is 415 g/mol. The smallest absolute Gasteiger partial charge is 0.493 e. The molecule has 0 aliphatic heterocycles. The topological polar surface area (TPSA) is 84.5 Å². The van der Waals surface area contributed by atoms with Crippen LogP contribution in [-0.4, -0.2) is 55.5 Å². The quantitative estimate of drug-likeness (QED) is 0.368. The van der Waals surface area contributed by atoms with Gasteiger partial charge in [-0.25, -0.2) is 4.79 Å². The van der Waals surface area contributed by atoms with Gasteiger partial charge in [0.1, 0.15) is 0 Å². The number of benzene rings is 1. The zero-order valence-corrected chi connectivity index (χ0v) is 18.5. The van der Waals surface area contributed by atoms with E-state index in [2.05, 4.69) is 5.32 Å². The minimum atomic E-state index is -2.70. The van der Waals surface area contributed by atoms with Gasteiger partial charge >= 0.3 is 14.9 Å². The van der Waals surface area contributed by atoms with Gasteiger partial charge in [-0.2, -0.15) is 0 Å². The summed E-state index contributed by atoms with van der Waals surface area (Å²) in [5, 5.41) is 2.72. The van der Waals surface area contributed by atoms with E-state index in [1.807, 2.05) is 32.9 Å². The van der Waals surface area contributed by atoms with Crippen molar-refractivity contribution < 1.29 is 32.3 Å². The third-order valence-corrected chi connectivity index (χ3v) is 6.99. The molecule has 28 heavy (non-hydrogen) atoms. The first-order chi connectivity index (χ1) is 13.5. The molecule has 0 saturated carbocycles. The van der Waals surface area contributed by atoms with Crippen molar-refractivity contribution in [2.24, 2.45) is 0 Å². The van der Waals surface area contributed by atoms with Crippen LogP contribution < -0.4 is 14.8 Å². The van der Waals surface area contributed by atoms with E-state index in [4.69, 9.17) is 27.5 Å². The maximum Gasteiger partial charge on any atom is 0.501 e. The number of hydrogen-bond donors (Lipinski definition) is 1. The molecule has 1 aromatic carbocycles. The van der Waals surface area contributed by atoms with Crippen LogP contribution in [0.5, 0.6) is 11.5 Å². The normalized spacial score (nSPS) is 11.2. The third kappa shape index (κ3) is 8.05. The van der Waals surface area contributed by atoms with Gasteiger partial charge in [0.2, 0.25) is 0 Å². The van der Waals surface area contributed by atoms with Gasteiger partial charge in [-0.1, -0.05) is 6.07 Å². The van der Waals surface area contributed by atoms with Gasteiger partial charge in [0.25, 0.3) is 0 Å². The summed E-state index contributed by atoms with van der Waals surface area (Å²) in [5.74, 6) is 1.25. The van der Waals surface area contributed by atoms with Crippen LogP contribution in [0, 0.1) is 0 Å². The molecule has 0 heterocycles. The predicted octanol–water partition coefficient (Wildman–Crippen LogP) is 3.37. The molecule has 0 bridgehead atoms. The SMILES string of the molecule is CCO[Si](CCCOC(=O)NCc1ccc(OC)c(OC)c1)(OCC)OCC. The molecule has 1 aromatic rings. The summed E-state index contributed by atoms with van der Waals surface area (Å²) in [6.07, 6.45) is 0.127. The van der Waals surface area contributed by atoms with Crippen LogP contribution in [-0.2, 0) is 24.6 Å². The fraction of sp³-hybridized carbons (Fsp3) is 0.632. The van der Waals surface area contributed by atoms with Gasteiger partial charge in [0.15, 0.2) is 11.5 Å². The summed E-state index contributed by atoms with van der Waals surface area (Å²) in [6, 6.07) is 6.06. The number of nitrogens with one attached hydrogen (secondary N) is 1. The Kier molecular flexibility index (Phi) is 11.6. The number of alkyl carbamates (subject to hydrolysis) is 1. The first-order valence-corrected chi connectivity index (χ1v) is 11.5. The van der Waals surface area contributed by atoms with E-state index in [1.165, 1.54) is 0 Å². The maximum absolute atomic E-state index is 11.9. The Morgan fingerprint density at radius 2 is 1.57 bits per heavy atom. The van der Waals surface area contributed by atoms with Gasteiger partial charge in [0, 0.05) is 32.4 Å². The number of methoxy groups -OCH3 is 2. The molecule has 9 heteroatoms. The highest BCUT2D eigenvalue weighted by Gasteiger charge is 2.39. The van der Waals surface area contributed by atoms with E-state index in [9.17, 15) is 4.79 Å². The lowest BCUT2D eigenvalue weighted by Gasteiger charge is -2.28. The molecule has 0 aromatic heterocycles. The molecular formula is C19H33NO7Si. The predicted molar refractivity (Wildman–Crippen MR) is 108 cm³/mol. The molecule has 1 N–H and O–H groups in total. The van der Waals surface area contributed by atoms with Crippen molar-refractivity contribution in [3.8, 4) is 11.5 Å². The van der Waals surface area contributed by atoms with Crippen LogP contribution in [0.3, 0.4) is 0 Å². The first kappa shape index (κ1) is 24.2. The van der Waals surface area contributed by atoms with Gasteiger partial charge in [0.05, 0.1) is 20.8 Å². The molecule has 1 rings (SSSR count). The lowest BCUT2D eigenvalue weighted by Crippen LogP contribution is -2.46. The van der Waals surface area contributed by atoms with E-state index >= 15 is 0 Å². The number of carbonyl (C=O) groups excluding carboxylic acids is 1. The molecule has 0 aliphatic carbocycles. The van der Waals surface area contributed by atoms with Crippen LogP contribution in [0.4, 0.5) is 4.79 Å². The Balaban J connectivity index is 2.41. The summed E-state index contributed by atoms with van der Waals surface area (Å²) < 4.78 is 33.0. The standard InChI is InChI=1S/C19H33NO7Si/c1-6-25-28(26-7-2,27-8-3)13-9-12-24-19(21)20-15-16-10-11-17(22-4)18(14-16)23-5/h10-11,14H,6-9,12-13,15H2,1-5H3,(H,20,21). The molecule has 0 unspecified atom stereocenters. The molecule has 160 valence electrons. The average Bonchev–Trinajstić information content (AvgIpc) is 2.70. The number of carbonyl (C=O) groups is 1. The molecule has 0 aliphatic rings. The Hall–Kier alpha value is -1.81. The van der Waals surface area contributed by atoms with Crippen molar-refractivity contribution in [1.82, 2.24) is 5.32 Å². The molecule has 0 spiro atoms. The maximum atomic E-state index is 11.9. The van der Waals surface area contributed by atoms with Crippen molar-refractivity contribution >= 4 is 14.9 Å².